The minimum atomic E-state index is -3.53. The molecule has 37 heavy (non-hydrogen) atoms. The average molecular weight is 530 g/mol. The van der Waals surface area contributed by atoms with Crippen molar-refractivity contribution < 1.29 is 18.0 Å². The summed E-state index contributed by atoms with van der Waals surface area (Å²) in [5.74, 6) is -0.328. The van der Waals surface area contributed by atoms with E-state index >= 15 is 0 Å². The van der Waals surface area contributed by atoms with Crippen molar-refractivity contribution in [3.05, 3.63) is 65.2 Å². The van der Waals surface area contributed by atoms with Crippen LogP contribution in [0.1, 0.15) is 63.6 Å². The molecule has 0 saturated carbocycles. The van der Waals surface area contributed by atoms with E-state index in [9.17, 15) is 18.0 Å². The number of benzene rings is 2. The number of anilines is 1. The number of amides is 2. The number of carbonyl (C=O) groups excluding carboxylic acids is 2. The van der Waals surface area contributed by atoms with Gasteiger partial charge in [0.05, 0.1) is 11.9 Å². The summed E-state index contributed by atoms with van der Waals surface area (Å²) in [4.78, 5) is 28.3. The number of carbonyl (C=O) groups is 2. The first-order valence-corrected chi connectivity index (χ1v) is 14.8. The lowest BCUT2D eigenvalue weighted by atomic mass is 10.0. The molecule has 2 aromatic carbocycles. The molecule has 0 unspecified atom stereocenters. The van der Waals surface area contributed by atoms with Crippen molar-refractivity contribution in [2.75, 3.05) is 23.7 Å². The summed E-state index contributed by atoms with van der Waals surface area (Å²) >= 11 is 0. The van der Waals surface area contributed by atoms with Gasteiger partial charge in [-0.25, -0.2) is 8.42 Å². The van der Waals surface area contributed by atoms with Crippen molar-refractivity contribution in [2.45, 2.75) is 78.8 Å². The summed E-state index contributed by atoms with van der Waals surface area (Å²) in [6.45, 7) is 12.1. The molecule has 0 aliphatic rings. The van der Waals surface area contributed by atoms with Gasteiger partial charge in [0.2, 0.25) is 21.8 Å². The smallest absolute Gasteiger partial charge is 0.243 e. The Morgan fingerprint density at radius 3 is 2.22 bits per heavy atom. The molecule has 7 nitrogen and oxygen atoms in total. The molecule has 2 amide bonds. The van der Waals surface area contributed by atoms with Crippen molar-refractivity contribution in [1.29, 1.82) is 0 Å². The monoisotopic (exact) mass is 529 g/mol. The first-order valence-electron chi connectivity index (χ1n) is 12.9. The zero-order chi connectivity index (χ0) is 27.8. The summed E-state index contributed by atoms with van der Waals surface area (Å²) in [6, 6.07) is 15.0. The highest BCUT2D eigenvalue weighted by Gasteiger charge is 2.30. The molecular formula is C29H43N3O4S. The molecular weight excluding hydrogens is 486 g/mol. The molecule has 0 radical (unpaired) electrons. The van der Waals surface area contributed by atoms with E-state index < -0.39 is 21.6 Å². The van der Waals surface area contributed by atoms with Crippen LogP contribution in [0.3, 0.4) is 0 Å². The molecule has 0 aliphatic heterocycles. The van der Waals surface area contributed by atoms with Gasteiger partial charge in [0.1, 0.15) is 6.04 Å². The van der Waals surface area contributed by atoms with E-state index in [-0.39, 0.29) is 24.8 Å². The molecule has 0 bridgehead atoms. The van der Waals surface area contributed by atoms with Crippen LogP contribution in [-0.4, -0.2) is 56.1 Å². The van der Waals surface area contributed by atoms with Crippen LogP contribution in [-0.2, 0) is 26.0 Å². The van der Waals surface area contributed by atoms with E-state index in [1.807, 2.05) is 90.1 Å². The fourth-order valence-electron chi connectivity index (χ4n) is 4.32. The summed E-state index contributed by atoms with van der Waals surface area (Å²) in [5.41, 5.74) is 3.13. The van der Waals surface area contributed by atoms with Gasteiger partial charge in [-0.2, -0.15) is 0 Å². The Bertz CT molecular complexity index is 1160. The minimum absolute atomic E-state index is 0.144. The Balaban J connectivity index is 2.21. The second-order valence-electron chi connectivity index (χ2n) is 10.7. The van der Waals surface area contributed by atoms with Gasteiger partial charge in [0, 0.05) is 25.0 Å². The molecule has 1 atom stereocenters. The quantitative estimate of drug-likeness (QED) is 0.435. The summed E-state index contributed by atoms with van der Waals surface area (Å²) in [7, 11) is -3.53. The lowest BCUT2D eigenvalue weighted by Crippen LogP contribution is -2.54. The van der Waals surface area contributed by atoms with E-state index in [4.69, 9.17) is 0 Å². The van der Waals surface area contributed by atoms with Gasteiger partial charge in [-0.3, -0.25) is 13.9 Å². The molecule has 0 saturated heterocycles. The van der Waals surface area contributed by atoms with Gasteiger partial charge in [0.15, 0.2) is 0 Å². The largest absolute Gasteiger partial charge is 0.350 e. The van der Waals surface area contributed by atoms with Crippen LogP contribution in [0.2, 0.25) is 0 Å². The predicted molar refractivity (Wildman–Crippen MR) is 151 cm³/mol. The van der Waals surface area contributed by atoms with E-state index in [1.54, 1.807) is 4.90 Å². The standard InChI is InChI=1S/C29H43N3O4S/c1-8-25(28(34)30-29(4,5)6)31(20-18-24-13-10-9-11-14-24)27(33)15-12-19-32(37(7,35)36)26-21-22(2)16-17-23(26)3/h9-11,13-14,16-17,21,25H,8,12,15,18-20H2,1-7H3,(H,30,34)/t25-/m1/s1. The normalized spacial score (nSPS) is 12.6. The molecule has 0 heterocycles. The van der Waals surface area contributed by atoms with Crippen molar-refractivity contribution in [3.8, 4) is 0 Å². The molecule has 2 rings (SSSR count). The SMILES string of the molecule is CC[C@H](C(=O)NC(C)(C)C)N(CCc1ccccc1)C(=O)CCCN(c1cc(C)ccc1C)S(C)(=O)=O. The Morgan fingerprint density at radius 1 is 1.00 bits per heavy atom. The van der Waals surface area contributed by atoms with Gasteiger partial charge in [-0.1, -0.05) is 49.4 Å². The molecule has 0 spiro atoms. The maximum Gasteiger partial charge on any atom is 0.243 e. The van der Waals surface area contributed by atoms with Crippen LogP contribution in [0.25, 0.3) is 0 Å². The number of hydrogen-bond acceptors (Lipinski definition) is 4. The molecule has 0 aliphatic carbocycles. The third kappa shape index (κ3) is 9.50. The average Bonchev–Trinajstić information content (AvgIpc) is 2.79. The summed E-state index contributed by atoms with van der Waals surface area (Å²) in [5, 5.41) is 3.01. The van der Waals surface area contributed by atoms with Crippen LogP contribution in [0.5, 0.6) is 0 Å². The molecule has 0 aromatic heterocycles. The number of sulfonamides is 1. The van der Waals surface area contributed by atoms with Crippen LogP contribution in [0, 0.1) is 13.8 Å². The van der Waals surface area contributed by atoms with Gasteiger partial charge in [0.25, 0.3) is 0 Å². The number of hydrogen-bond donors (Lipinski definition) is 1. The van der Waals surface area contributed by atoms with Crippen molar-refractivity contribution >= 4 is 27.5 Å². The molecule has 0 fully saturated rings. The van der Waals surface area contributed by atoms with Gasteiger partial charge < -0.3 is 10.2 Å². The number of rotatable bonds is 12. The summed E-state index contributed by atoms with van der Waals surface area (Å²) < 4.78 is 26.6. The van der Waals surface area contributed by atoms with Gasteiger partial charge >= 0.3 is 0 Å². The van der Waals surface area contributed by atoms with Crippen LogP contribution in [0.4, 0.5) is 5.69 Å². The maximum atomic E-state index is 13.5. The van der Waals surface area contributed by atoms with E-state index in [0.717, 1.165) is 16.7 Å². The topological polar surface area (TPSA) is 86.8 Å². The van der Waals surface area contributed by atoms with E-state index in [2.05, 4.69) is 5.32 Å². The van der Waals surface area contributed by atoms with Crippen molar-refractivity contribution in [1.82, 2.24) is 10.2 Å². The van der Waals surface area contributed by atoms with Crippen LogP contribution in [0.15, 0.2) is 48.5 Å². The zero-order valence-electron chi connectivity index (χ0n) is 23.4. The highest BCUT2D eigenvalue weighted by molar-refractivity contribution is 7.92. The predicted octanol–water partition coefficient (Wildman–Crippen LogP) is 4.61. The lowest BCUT2D eigenvalue weighted by Gasteiger charge is -2.33. The second-order valence-corrected chi connectivity index (χ2v) is 12.6. The minimum Gasteiger partial charge on any atom is -0.350 e. The van der Waals surface area contributed by atoms with Crippen LogP contribution < -0.4 is 9.62 Å². The van der Waals surface area contributed by atoms with Gasteiger partial charge in [-0.15, -0.1) is 0 Å². The van der Waals surface area contributed by atoms with E-state index in [0.29, 0.717) is 31.5 Å². The zero-order valence-corrected chi connectivity index (χ0v) is 24.2. The Labute approximate surface area is 223 Å². The lowest BCUT2D eigenvalue weighted by molar-refractivity contribution is -0.141. The van der Waals surface area contributed by atoms with Crippen molar-refractivity contribution in [3.63, 3.8) is 0 Å². The highest BCUT2D eigenvalue weighted by atomic mass is 32.2. The fraction of sp³-hybridized carbons (Fsp3) is 0.517. The first kappa shape index (κ1) is 30.4. The number of nitrogens with zero attached hydrogens (tertiary/aromatic N) is 2. The Morgan fingerprint density at radius 2 is 1.65 bits per heavy atom. The Hall–Kier alpha value is -2.87. The van der Waals surface area contributed by atoms with Crippen LogP contribution >= 0.6 is 0 Å². The summed E-state index contributed by atoms with van der Waals surface area (Å²) in [6.07, 6.45) is 2.79. The number of aryl methyl sites for hydroxylation is 2. The first-order chi connectivity index (χ1) is 17.2. The maximum absolute atomic E-state index is 13.5. The third-order valence-electron chi connectivity index (χ3n) is 6.15. The highest BCUT2D eigenvalue weighted by Crippen LogP contribution is 2.24. The number of nitrogens with one attached hydrogen (secondary N) is 1. The third-order valence-corrected chi connectivity index (χ3v) is 7.33. The fourth-order valence-corrected chi connectivity index (χ4v) is 5.33. The molecule has 1 N–H and O–H groups in total. The van der Waals surface area contributed by atoms with E-state index in [1.165, 1.54) is 10.6 Å². The molecule has 204 valence electrons. The second kappa shape index (κ2) is 13.1. The van der Waals surface area contributed by atoms with Gasteiger partial charge in [-0.05, 0) is 76.6 Å². The molecule has 8 heteroatoms. The Kier molecular flexibility index (Phi) is 10.7. The van der Waals surface area contributed by atoms with Crippen molar-refractivity contribution in [2.24, 2.45) is 0 Å². The molecule has 2 aromatic rings.